The lowest BCUT2D eigenvalue weighted by atomic mass is 10.0. The smallest absolute Gasteiger partial charge is 0.274 e. The molecular weight excluding hydrogens is 228 g/mol. The monoisotopic (exact) mass is 248 g/mol. The molecule has 1 amide bonds. The fraction of sp³-hybridized carbons (Fsp3) is 0.538. The van der Waals surface area contributed by atoms with Gasteiger partial charge in [-0.15, -0.1) is 6.42 Å². The highest BCUT2D eigenvalue weighted by atomic mass is 16.2. The van der Waals surface area contributed by atoms with Crippen molar-refractivity contribution >= 4 is 11.6 Å². The minimum Gasteiger partial charge on any atom is -0.395 e. The molecule has 0 aromatic carbocycles. The summed E-state index contributed by atoms with van der Waals surface area (Å²) in [5.74, 6) is 2.54. The van der Waals surface area contributed by atoms with E-state index in [0.717, 1.165) is 5.69 Å². The summed E-state index contributed by atoms with van der Waals surface area (Å²) in [6.45, 7) is 7.84. The maximum Gasteiger partial charge on any atom is 0.274 e. The summed E-state index contributed by atoms with van der Waals surface area (Å²) in [4.78, 5) is 12.0. The Bertz CT molecular complexity index is 468. The molecule has 0 fully saturated rings. The van der Waals surface area contributed by atoms with Crippen LogP contribution in [-0.2, 0) is 0 Å². The van der Waals surface area contributed by atoms with Gasteiger partial charge < -0.3 is 11.1 Å². The SMILES string of the molecule is C#CC(NC(=O)c1n[nH]c(C(C)C)c1N)C(C)C. The van der Waals surface area contributed by atoms with Crippen molar-refractivity contribution in [2.45, 2.75) is 39.7 Å². The zero-order chi connectivity index (χ0) is 13.9. The van der Waals surface area contributed by atoms with Crippen molar-refractivity contribution in [2.24, 2.45) is 5.92 Å². The second-order valence-electron chi connectivity index (χ2n) is 4.92. The van der Waals surface area contributed by atoms with Crippen LogP contribution in [0.3, 0.4) is 0 Å². The summed E-state index contributed by atoms with van der Waals surface area (Å²) in [6, 6.07) is -0.323. The molecule has 1 aromatic rings. The lowest BCUT2D eigenvalue weighted by Crippen LogP contribution is -2.37. The summed E-state index contributed by atoms with van der Waals surface area (Å²) >= 11 is 0. The molecule has 4 N–H and O–H groups in total. The number of anilines is 1. The van der Waals surface area contributed by atoms with Crippen LogP contribution in [0.15, 0.2) is 0 Å². The van der Waals surface area contributed by atoms with Gasteiger partial charge in [0.05, 0.1) is 17.4 Å². The number of aromatic nitrogens is 2. The number of carbonyl (C=O) groups excluding carboxylic acids is 1. The van der Waals surface area contributed by atoms with Gasteiger partial charge in [-0.05, 0) is 11.8 Å². The van der Waals surface area contributed by atoms with E-state index in [-0.39, 0.29) is 29.5 Å². The molecule has 0 bridgehead atoms. The summed E-state index contributed by atoms with van der Waals surface area (Å²) < 4.78 is 0. The van der Waals surface area contributed by atoms with Crippen molar-refractivity contribution in [1.29, 1.82) is 0 Å². The number of aromatic amines is 1. The van der Waals surface area contributed by atoms with E-state index in [9.17, 15) is 4.79 Å². The van der Waals surface area contributed by atoms with Gasteiger partial charge in [-0.25, -0.2) is 0 Å². The van der Waals surface area contributed by atoms with Crippen molar-refractivity contribution in [1.82, 2.24) is 15.5 Å². The van der Waals surface area contributed by atoms with Crippen LogP contribution in [-0.4, -0.2) is 22.1 Å². The lowest BCUT2D eigenvalue weighted by molar-refractivity contribution is 0.0934. The number of nitrogens with one attached hydrogen (secondary N) is 2. The van der Waals surface area contributed by atoms with E-state index in [0.29, 0.717) is 5.69 Å². The Kier molecular flexibility index (Phi) is 4.38. The number of H-pyrrole nitrogens is 1. The molecule has 1 rings (SSSR count). The molecule has 5 nitrogen and oxygen atoms in total. The number of terminal acetylenes is 1. The van der Waals surface area contributed by atoms with Gasteiger partial charge in [-0.3, -0.25) is 9.89 Å². The van der Waals surface area contributed by atoms with E-state index in [4.69, 9.17) is 12.2 Å². The molecule has 1 atom stereocenters. The average Bonchev–Trinajstić information content (AvgIpc) is 2.67. The number of rotatable bonds is 4. The zero-order valence-electron chi connectivity index (χ0n) is 11.2. The number of nitrogens with two attached hydrogens (primary N) is 1. The van der Waals surface area contributed by atoms with E-state index in [2.05, 4.69) is 21.4 Å². The normalized spacial score (nSPS) is 12.5. The predicted octanol–water partition coefficient (Wildman–Crippen LogP) is 1.50. The third kappa shape index (κ3) is 2.83. The van der Waals surface area contributed by atoms with Crippen molar-refractivity contribution in [3.8, 4) is 12.3 Å². The molecular formula is C13H20N4O. The third-order valence-corrected chi connectivity index (χ3v) is 2.76. The first-order chi connectivity index (χ1) is 8.38. The van der Waals surface area contributed by atoms with E-state index in [1.807, 2.05) is 27.7 Å². The minimum atomic E-state index is -0.340. The van der Waals surface area contributed by atoms with Gasteiger partial charge >= 0.3 is 0 Å². The van der Waals surface area contributed by atoms with E-state index < -0.39 is 0 Å². The van der Waals surface area contributed by atoms with Gasteiger partial charge in [0.2, 0.25) is 0 Å². The number of hydrogen-bond acceptors (Lipinski definition) is 3. The standard InChI is InChI=1S/C13H20N4O/c1-6-9(7(2)3)15-13(18)12-10(14)11(8(4)5)16-17-12/h1,7-9H,14H2,2-5H3,(H,15,18)(H,16,17). The molecule has 5 heteroatoms. The highest BCUT2D eigenvalue weighted by molar-refractivity contribution is 5.98. The van der Waals surface area contributed by atoms with Gasteiger partial charge in [0, 0.05) is 0 Å². The minimum absolute atomic E-state index is 0.156. The Labute approximate surface area is 108 Å². The first-order valence-electron chi connectivity index (χ1n) is 5.99. The van der Waals surface area contributed by atoms with Crippen molar-refractivity contribution in [2.75, 3.05) is 5.73 Å². The molecule has 1 unspecified atom stereocenters. The summed E-state index contributed by atoms with van der Waals surface area (Å²) in [5.41, 5.74) is 7.26. The van der Waals surface area contributed by atoms with E-state index >= 15 is 0 Å². The molecule has 18 heavy (non-hydrogen) atoms. The van der Waals surface area contributed by atoms with Crippen LogP contribution in [0.1, 0.15) is 49.8 Å². The Hall–Kier alpha value is -1.96. The van der Waals surface area contributed by atoms with E-state index in [1.165, 1.54) is 0 Å². The summed E-state index contributed by atoms with van der Waals surface area (Å²) in [7, 11) is 0. The third-order valence-electron chi connectivity index (χ3n) is 2.76. The molecule has 0 spiro atoms. The van der Waals surface area contributed by atoms with Crippen LogP contribution >= 0.6 is 0 Å². The van der Waals surface area contributed by atoms with Crippen molar-refractivity contribution in [3.63, 3.8) is 0 Å². The first-order valence-corrected chi connectivity index (χ1v) is 5.99. The molecule has 0 aliphatic heterocycles. The molecule has 0 saturated heterocycles. The van der Waals surface area contributed by atoms with Crippen LogP contribution < -0.4 is 11.1 Å². The molecule has 0 radical (unpaired) electrons. The number of carbonyl (C=O) groups is 1. The second-order valence-corrected chi connectivity index (χ2v) is 4.92. The quantitative estimate of drug-likeness (QED) is 0.706. The highest BCUT2D eigenvalue weighted by Crippen LogP contribution is 2.22. The average molecular weight is 248 g/mol. The maximum atomic E-state index is 12.0. The maximum absolute atomic E-state index is 12.0. The summed E-state index contributed by atoms with van der Waals surface area (Å²) in [6.07, 6.45) is 5.37. The molecule has 1 aromatic heterocycles. The zero-order valence-corrected chi connectivity index (χ0v) is 11.2. The Morgan fingerprint density at radius 3 is 2.44 bits per heavy atom. The number of amides is 1. The number of nitrogen functional groups attached to an aromatic ring is 1. The lowest BCUT2D eigenvalue weighted by Gasteiger charge is -2.15. The van der Waals surface area contributed by atoms with E-state index in [1.54, 1.807) is 0 Å². The van der Waals surface area contributed by atoms with Crippen LogP contribution in [0.5, 0.6) is 0 Å². The number of nitrogens with zero attached hydrogens (tertiary/aromatic N) is 1. The molecule has 0 saturated carbocycles. The fourth-order valence-electron chi connectivity index (χ4n) is 1.59. The van der Waals surface area contributed by atoms with Gasteiger partial charge in [-0.1, -0.05) is 33.6 Å². The van der Waals surface area contributed by atoms with Gasteiger partial charge in [-0.2, -0.15) is 5.10 Å². The molecule has 0 aliphatic rings. The number of hydrogen-bond donors (Lipinski definition) is 3. The Balaban J connectivity index is 2.89. The van der Waals surface area contributed by atoms with Crippen molar-refractivity contribution in [3.05, 3.63) is 11.4 Å². The summed E-state index contributed by atoms with van der Waals surface area (Å²) in [5, 5.41) is 9.48. The van der Waals surface area contributed by atoms with Crippen LogP contribution in [0.25, 0.3) is 0 Å². The molecule has 98 valence electrons. The highest BCUT2D eigenvalue weighted by Gasteiger charge is 2.21. The second kappa shape index (κ2) is 5.58. The molecule has 1 heterocycles. The Morgan fingerprint density at radius 1 is 1.44 bits per heavy atom. The van der Waals surface area contributed by atoms with Crippen molar-refractivity contribution < 1.29 is 4.79 Å². The van der Waals surface area contributed by atoms with Crippen LogP contribution in [0, 0.1) is 18.3 Å². The van der Waals surface area contributed by atoms with Crippen LogP contribution in [0.4, 0.5) is 5.69 Å². The van der Waals surface area contributed by atoms with Crippen LogP contribution in [0.2, 0.25) is 0 Å². The van der Waals surface area contributed by atoms with Gasteiger partial charge in [0.1, 0.15) is 0 Å². The molecule has 0 aliphatic carbocycles. The largest absolute Gasteiger partial charge is 0.395 e. The van der Waals surface area contributed by atoms with Gasteiger partial charge in [0.25, 0.3) is 5.91 Å². The first kappa shape index (κ1) is 14.1. The predicted molar refractivity (Wildman–Crippen MR) is 72.0 cm³/mol. The Morgan fingerprint density at radius 2 is 2.06 bits per heavy atom. The topological polar surface area (TPSA) is 83.8 Å². The van der Waals surface area contributed by atoms with Gasteiger partial charge in [0.15, 0.2) is 5.69 Å². The fourth-order valence-corrected chi connectivity index (χ4v) is 1.59.